The molecule has 0 fully saturated rings. The minimum absolute atomic E-state index is 1.20. The first-order valence-corrected chi connectivity index (χ1v) is 26.6. The van der Waals surface area contributed by atoms with Crippen molar-refractivity contribution in [3.63, 3.8) is 0 Å². The van der Waals surface area contributed by atoms with Gasteiger partial charge in [0, 0.05) is 49.4 Å². The zero-order chi connectivity index (χ0) is 51.9. The Balaban J connectivity index is 1.08. The quantitative estimate of drug-likeness (QED) is 0.158. The Hall–Kier alpha value is -8.40. The highest BCUT2D eigenvalue weighted by Gasteiger charge is 2.22. The van der Waals surface area contributed by atoms with E-state index in [1.165, 1.54) is 183 Å². The van der Waals surface area contributed by atoms with Gasteiger partial charge in [-0.25, -0.2) is 0 Å². The second-order valence-electron chi connectivity index (χ2n) is 22.3. The Labute approximate surface area is 441 Å². The third-order valence-corrected chi connectivity index (χ3v) is 16.4. The number of aromatic nitrogens is 3. The lowest BCUT2D eigenvalue weighted by molar-refractivity contribution is 1.14. The number of fused-ring (bicyclic) bond motifs is 9. The van der Waals surface area contributed by atoms with Gasteiger partial charge in [-0.15, -0.1) is 0 Å². The van der Waals surface area contributed by atoms with Gasteiger partial charge in [-0.2, -0.15) is 0 Å². The van der Waals surface area contributed by atoms with Crippen molar-refractivity contribution in [1.29, 1.82) is 0 Å². The molecule has 3 heterocycles. The highest BCUT2D eigenvalue weighted by atomic mass is 15.0. The molecule has 0 radical (unpaired) electrons. The van der Waals surface area contributed by atoms with Crippen molar-refractivity contribution < 1.29 is 0 Å². The van der Waals surface area contributed by atoms with Gasteiger partial charge in [0.2, 0.25) is 0 Å². The Morgan fingerprint density at radius 2 is 0.400 bits per heavy atom. The van der Waals surface area contributed by atoms with Crippen LogP contribution in [0, 0.1) is 83.1 Å². The van der Waals surface area contributed by atoms with E-state index >= 15 is 0 Å². The molecule has 366 valence electrons. The molecule has 0 bridgehead atoms. The lowest BCUT2D eigenvalue weighted by atomic mass is 9.87. The summed E-state index contributed by atoms with van der Waals surface area (Å²) < 4.78 is 7.51. The van der Waals surface area contributed by atoms with Crippen molar-refractivity contribution in [3.05, 3.63) is 231 Å². The predicted octanol–water partition coefficient (Wildman–Crippen LogP) is 19.7. The number of hydrogen-bond donors (Lipinski definition) is 0. The van der Waals surface area contributed by atoms with E-state index in [0.717, 1.165) is 0 Å². The molecule has 3 nitrogen and oxygen atoms in total. The summed E-state index contributed by atoms with van der Waals surface area (Å²) in [6.07, 6.45) is 0. The third kappa shape index (κ3) is 7.38. The van der Waals surface area contributed by atoms with Gasteiger partial charge in [0.05, 0.1) is 33.1 Å². The number of aryl methyl sites for hydroxylation is 12. The minimum atomic E-state index is 1.20. The SMILES string of the molecule is Cc1ccc2c(c1)c1cc(C)ccc1n2-c1cc(-c2cc(-c3cc(-n4c5ccc(C)cc5c5cc(C)ccc54)c(C)cc3C)cc(-c3cc(-n4c5ccc(C)cc5c5cc(C)ccc54)c(C)cc3C)c2)c(C)cc1C. The van der Waals surface area contributed by atoms with E-state index < -0.39 is 0 Å². The van der Waals surface area contributed by atoms with Gasteiger partial charge in [0.25, 0.3) is 0 Å². The first-order chi connectivity index (χ1) is 36.1. The molecule has 0 saturated carbocycles. The molecule has 0 saturated heterocycles. The van der Waals surface area contributed by atoms with E-state index in [-0.39, 0.29) is 0 Å². The largest absolute Gasteiger partial charge is 0.309 e. The summed E-state index contributed by atoms with van der Waals surface area (Å²) in [6.45, 7) is 26.9. The van der Waals surface area contributed by atoms with Crippen LogP contribution in [0.15, 0.2) is 164 Å². The summed E-state index contributed by atoms with van der Waals surface area (Å²) in [5, 5.41) is 7.74. The zero-order valence-electron chi connectivity index (χ0n) is 45.4. The van der Waals surface area contributed by atoms with Crippen LogP contribution >= 0.6 is 0 Å². The first kappa shape index (κ1) is 46.4. The van der Waals surface area contributed by atoms with Crippen molar-refractivity contribution in [1.82, 2.24) is 13.7 Å². The lowest BCUT2D eigenvalue weighted by Crippen LogP contribution is -2.01. The fourth-order valence-electron chi connectivity index (χ4n) is 12.8. The van der Waals surface area contributed by atoms with Gasteiger partial charge in [0.1, 0.15) is 0 Å². The molecular weight excluding hydrogens is 907 g/mol. The number of hydrogen-bond acceptors (Lipinski definition) is 0. The molecule has 3 aromatic heterocycles. The average molecular weight is 970 g/mol. The monoisotopic (exact) mass is 970 g/mol. The Kier molecular flexibility index (Phi) is 10.6. The van der Waals surface area contributed by atoms with Crippen LogP contribution in [0.5, 0.6) is 0 Å². The number of nitrogens with zero attached hydrogens (tertiary/aromatic N) is 3. The van der Waals surface area contributed by atoms with E-state index in [0.29, 0.717) is 0 Å². The normalized spacial score (nSPS) is 12.0. The molecule has 0 aliphatic rings. The maximum absolute atomic E-state index is 2.50. The predicted molar refractivity (Wildman–Crippen MR) is 323 cm³/mol. The highest BCUT2D eigenvalue weighted by molar-refractivity contribution is 6.12. The van der Waals surface area contributed by atoms with Gasteiger partial charge < -0.3 is 13.7 Å². The summed E-state index contributed by atoms with van der Waals surface area (Å²) in [6, 6.07) is 63.5. The molecule has 0 unspecified atom stereocenters. The molecule has 3 heteroatoms. The van der Waals surface area contributed by atoms with Crippen LogP contribution < -0.4 is 0 Å². The fourth-order valence-corrected chi connectivity index (χ4v) is 12.8. The Morgan fingerprint density at radius 1 is 0.200 bits per heavy atom. The second kappa shape index (κ2) is 17.1. The second-order valence-corrected chi connectivity index (χ2v) is 22.3. The molecule has 13 aromatic rings. The van der Waals surface area contributed by atoms with Crippen LogP contribution in [0.4, 0.5) is 0 Å². The van der Waals surface area contributed by atoms with Crippen LogP contribution in [0.3, 0.4) is 0 Å². The Morgan fingerprint density at radius 3 is 0.600 bits per heavy atom. The summed E-state index contributed by atoms with van der Waals surface area (Å²) in [5.74, 6) is 0. The van der Waals surface area contributed by atoms with Crippen LogP contribution in [-0.4, -0.2) is 13.7 Å². The third-order valence-electron chi connectivity index (χ3n) is 16.4. The summed E-state index contributed by atoms with van der Waals surface area (Å²) in [7, 11) is 0. The van der Waals surface area contributed by atoms with Gasteiger partial charge in [-0.1, -0.05) is 88.0 Å². The Bertz CT molecular complexity index is 3940. The standard InChI is InChI=1S/C72H63N3/c1-40-13-19-64-58(25-40)59-26-41(2)14-20-65(59)73(64)70-37-55(46(7)31-49(70)10)52-34-53(56-38-71(50(11)32-47(56)8)74-66-21-15-42(3)27-60(66)61-28-43(4)16-22-67(61)74)36-54(35-52)57-39-72(51(12)33-48(57)9)75-68-23-17-44(5)29-62(68)63-30-45(6)18-24-69(63)75/h13-39H,1-12H3. The molecule has 0 N–H and O–H groups in total. The molecule has 13 rings (SSSR count). The average Bonchev–Trinajstić information content (AvgIpc) is 3.98. The minimum Gasteiger partial charge on any atom is -0.309 e. The summed E-state index contributed by atoms with van der Waals surface area (Å²) in [4.78, 5) is 0. The van der Waals surface area contributed by atoms with Crippen LogP contribution in [0.25, 0.3) is 116 Å². The van der Waals surface area contributed by atoms with Crippen molar-refractivity contribution in [2.24, 2.45) is 0 Å². The van der Waals surface area contributed by atoms with Gasteiger partial charge in [-0.3, -0.25) is 0 Å². The van der Waals surface area contributed by atoms with E-state index in [4.69, 9.17) is 0 Å². The highest BCUT2D eigenvalue weighted by Crippen LogP contribution is 2.44. The van der Waals surface area contributed by atoms with E-state index in [1.54, 1.807) is 0 Å². The molecule has 0 aliphatic carbocycles. The van der Waals surface area contributed by atoms with Crippen molar-refractivity contribution in [2.75, 3.05) is 0 Å². The smallest absolute Gasteiger partial charge is 0.0541 e. The maximum atomic E-state index is 2.50. The fraction of sp³-hybridized carbons (Fsp3) is 0.167. The maximum Gasteiger partial charge on any atom is 0.0541 e. The molecular formula is C72H63N3. The molecule has 0 atom stereocenters. The summed E-state index contributed by atoms with van der Waals surface area (Å²) >= 11 is 0. The number of benzene rings is 10. The van der Waals surface area contributed by atoms with Gasteiger partial charge in [0.15, 0.2) is 0 Å². The zero-order valence-corrected chi connectivity index (χ0v) is 45.4. The van der Waals surface area contributed by atoms with Crippen LogP contribution in [0.2, 0.25) is 0 Å². The van der Waals surface area contributed by atoms with Crippen LogP contribution in [-0.2, 0) is 0 Å². The van der Waals surface area contributed by atoms with E-state index in [9.17, 15) is 0 Å². The molecule has 75 heavy (non-hydrogen) atoms. The number of rotatable bonds is 6. The first-order valence-electron chi connectivity index (χ1n) is 26.6. The van der Waals surface area contributed by atoms with Gasteiger partial charge in [-0.05, 0) is 259 Å². The molecule has 0 amide bonds. The molecule has 0 spiro atoms. The van der Waals surface area contributed by atoms with Crippen molar-refractivity contribution in [3.8, 4) is 50.4 Å². The van der Waals surface area contributed by atoms with E-state index in [2.05, 4.69) is 261 Å². The molecule has 0 aliphatic heterocycles. The van der Waals surface area contributed by atoms with Crippen LogP contribution in [0.1, 0.15) is 66.8 Å². The van der Waals surface area contributed by atoms with Crippen molar-refractivity contribution >= 4 is 65.4 Å². The molecule has 10 aromatic carbocycles. The lowest BCUT2D eigenvalue weighted by Gasteiger charge is -2.21. The topological polar surface area (TPSA) is 14.8 Å². The van der Waals surface area contributed by atoms with E-state index in [1.807, 2.05) is 0 Å². The van der Waals surface area contributed by atoms with Gasteiger partial charge >= 0.3 is 0 Å². The summed E-state index contributed by atoms with van der Waals surface area (Å²) in [5.41, 5.74) is 33.3. The van der Waals surface area contributed by atoms with Crippen molar-refractivity contribution in [2.45, 2.75) is 83.1 Å².